The fourth-order valence-corrected chi connectivity index (χ4v) is 5.60. The highest BCUT2D eigenvalue weighted by Crippen LogP contribution is 2.60. The Labute approximate surface area is 203 Å². The van der Waals surface area contributed by atoms with Gasteiger partial charge in [-0.25, -0.2) is 13.7 Å². The van der Waals surface area contributed by atoms with Gasteiger partial charge in [0.15, 0.2) is 0 Å². The molecular formula is C21H29O11P3. The Hall–Kier alpha value is -1.45. The molecule has 14 heteroatoms. The molecule has 0 amide bonds. The molecule has 0 fully saturated rings. The number of rotatable bonds is 12. The number of phosphoric ester groups is 2. The molecular weight excluding hydrogens is 521 g/mol. The average molecular weight is 550 g/mol. The van der Waals surface area contributed by atoms with Crippen LogP contribution in [0, 0.1) is 0 Å². The van der Waals surface area contributed by atoms with Crippen LogP contribution in [0.5, 0.6) is 0 Å². The lowest BCUT2D eigenvalue weighted by Gasteiger charge is -2.23. The number of unbranched alkanes of at least 4 members (excludes halogenated alkanes) is 2. The normalized spacial score (nSPS) is 18.3. The number of benzene rings is 2. The summed E-state index contributed by atoms with van der Waals surface area (Å²) in [7, 11) is -13.9. The maximum atomic E-state index is 11.7. The molecule has 2 aromatic carbocycles. The molecule has 1 aliphatic rings. The van der Waals surface area contributed by atoms with Crippen molar-refractivity contribution in [3.63, 3.8) is 0 Å². The molecule has 3 unspecified atom stereocenters. The second kappa shape index (κ2) is 13.2. The van der Waals surface area contributed by atoms with Crippen LogP contribution in [-0.2, 0) is 31.6 Å². The van der Waals surface area contributed by atoms with Gasteiger partial charge < -0.3 is 19.6 Å². The van der Waals surface area contributed by atoms with Crippen molar-refractivity contribution in [2.75, 3.05) is 13.2 Å². The van der Waals surface area contributed by atoms with Crippen LogP contribution in [0.3, 0.4) is 0 Å². The maximum absolute atomic E-state index is 11.7. The van der Waals surface area contributed by atoms with Gasteiger partial charge in [0.05, 0.1) is 13.2 Å². The van der Waals surface area contributed by atoms with Crippen LogP contribution in [0.25, 0.3) is 16.8 Å². The van der Waals surface area contributed by atoms with Crippen molar-refractivity contribution in [1.82, 2.24) is 0 Å². The molecule has 0 heterocycles. The van der Waals surface area contributed by atoms with Crippen LogP contribution in [0.2, 0.25) is 0 Å². The summed E-state index contributed by atoms with van der Waals surface area (Å²) in [6, 6.07) is 11.1. The van der Waals surface area contributed by atoms with Gasteiger partial charge in [0.2, 0.25) is 0 Å². The molecule has 1 aliphatic carbocycles. The zero-order valence-electron chi connectivity index (χ0n) is 19.0. The highest BCUT2D eigenvalue weighted by molar-refractivity contribution is 7.60. The first-order valence-corrected chi connectivity index (χ1v) is 15.1. The van der Waals surface area contributed by atoms with Gasteiger partial charge in [-0.1, -0.05) is 74.4 Å². The van der Waals surface area contributed by atoms with Gasteiger partial charge in [0, 0.05) is 0 Å². The van der Waals surface area contributed by atoms with Crippen LogP contribution >= 0.6 is 23.5 Å². The Morgan fingerprint density at radius 1 is 0.971 bits per heavy atom. The zero-order valence-corrected chi connectivity index (χ0v) is 21.7. The summed E-state index contributed by atoms with van der Waals surface area (Å²) < 4.78 is 51.4. The van der Waals surface area contributed by atoms with Crippen molar-refractivity contribution in [1.29, 1.82) is 0 Å². The van der Waals surface area contributed by atoms with Crippen molar-refractivity contribution < 1.29 is 51.2 Å². The summed E-state index contributed by atoms with van der Waals surface area (Å²) in [6.07, 6.45) is 6.52. The van der Waals surface area contributed by atoms with Gasteiger partial charge in [-0.15, -0.1) is 6.58 Å². The molecule has 3 rings (SSSR count). The summed E-state index contributed by atoms with van der Waals surface area (Å²) >= 11 is 0. The first-order chi connectivity index (χ1) is 16.4. The van der Waals surface area contributed by atoms with Gasteiger partial charge in [-0.05, 0) is 28.3 Å². The van der Waals surface area contributed by atoms with Crippen LogP contribution in [0.15, 0.2) is 55.1 Å². The Bertz CT molecular complexity index is 1170. The zero-order chi connectivity index (χ0) is 26.1. The molecule has 0 saturated carbocycles. The third-order valence-electron chi connectivity index (χ3n) is 4.54. The molecule has 0 aromatic heterocycles. The summed E-state index contributed by atoms with van der Waals surface area (Å²) in [5, 5.41) is 1.78. The first kappa shape index (κ1) is 29.8. The molecule has 35 heavy (non-hydrogen) atoms. The second-order valence-corrected chi connectivity index (χ2v) is 11.5. The van der Waals surface area contributed by atoms with E-state index in [4.69, 9.17) is 19.2 Å². The van der Waals surface area contributed by atoms with Gasteiger partial charge in [-0.2, -0.15) is 4.31 Å². The minimum atomic E-state index is -5.14. The molecule has 3 atom stereocenters. The van der Waals surface area contributed by atoms with E-state index in [0.717, 1.165) is 35.6 Å². The monoisotopic (exact) mass is 550 g/mol. The largest absolute Gasteiger partial charge is 0.482 e. The minimum Gasteiger partial charge on any atom is -0.302 e. The third kappa shape index (κ3) is 10.2. The van der Waals surface area contributed by atoms with Crippen molar-refractivity contribution in [2.45, 2.75) is 32.3 Å². The van der Waals surface area contributed by atoms with Gasteiger partial charge >= 0.3 is 23.5 Å². The van der Waals surface area contributed by atoms with Crippen LogP contribution in [0.1, 0.15) is 43.4 Å². The lowest BCUT2D eigenvalue weighted by atomic mass is 9.92. The fourth-order valence-electron chi connectivity index (χ4n) is 3.18. The topological polar surface area (TPSA) is 169 Å². The number of hydrogen-bond acceptors (Lipinski definition) is 7. The van der Waals surface area contributed by atoms with E-state index in [0.29, 0.717) is 5.56 Å². The molecule has 11 nitrogen and oxygen atoms in total. The van der Waals surface area contributed by atoms with Crippen molar-refractivity contribution >= 4 is 40.3 Å². The van der Waals surface area contributed by atoms with Gasteiger partial charge in [0.1, 0.15) is 6.10 Å². The van der Waals surface area contributed by atoms with Crippen molar-refractivity contribution in [3.05, 3.63) is 66.3 Å². The predicted octanol–water partition coefficient (Wildman–Crippen LogP) is 5.63. The van der Waals surface area contributed by atoms with E-state index < -0.39 is 29.6 Å². The van der Waals surface area contributed by atoms with E-state index in [-0.39, 0.29) is 13.2 Å². The van der Waals surface area contributed by atoms with E-state index in [9.17, 15) is 18.6 Å². The molecule has 0 spiro atoms. The first-order valence-electron chi connectivity index (χ1n) is 10.6. The van der Waals surface area contributed by atoms with Crippen LogP contribution in [0.4, 0.5) is 0 Å². The highest BCUT2D eigenvalue weighted by Gasteiger charge is 2.35. The lowest BCUT2D eigenvalue weighted by molar-refractivity contribution is 0.151. The number of phosphoric acid groups is 3. The van der Waals surface area contributed by atoms with E-state index in [1.165, 1.54) is 12.2 Å². The molecule has 194 valence electrons. The minimum absolute atomic E-state index is 0.0293. The smallest absolute Gasteiger partial charge is 0.302 e. The van der Waals surface area contributed by atoms with Gasteiger partial charge in [0.25, 0.3) is 0 Å². The summed E-state index contributed by atoms with van der Waals surface area (Å²) in [5.41, 5.74) is 1.55. The second-order valence-electron chi connectivity index (χ2n) is 7.31. The van der Waals surface area contributed by atoms with Crippen LogP contribution in [-0.4, -0.2) is 32.8 Å². The van der Waals surface area contributed by atoms with Crippen molar-refractivity contribution in [2.24, 2.45) is 0 Å². The molecule has 0 radical (unpaired) electrons. The van der Waals surface area contributed by atoms with E-state index in [1.807, 2.05) is 31.2 Å². The highest BCUT2D eigenvalue weighted by atomic mass is 31.3. The Morgan fingerprint density at radius 3 is 2.29 bits per heavy atom. The van der Waals surface area contributed by atoms with E-state index in [1.54, 1.807) is 18.2 Å². The van der Waals surface area contributed by atoms with Crippen LogP contribution < -0.4 is 0 Å². The molecule has 0 aliphatic heterocycles. The Kier molecular flexibility index (Phi) is 11.2. The molecule has 2 aromatic rings. The summed E-state index contributed by atoms with van der Waals surface area (Å²) in [5.74, 6) is 0. The summed E-state index contributed by atoms with van der Waals surface area (Å²) in [6.45, 7) is 5.70. The molecule has 4 N–H and O–H groups in total. The standard InChI is InChI=1S/C13H12O7P2.C8H17O4P/c14-21(15,16)20-22(17,18)19-12-8-7-10-4-1-3-9-5-2-6-11(12)13(9)10;1-3-5-6-8-12-13(9,10)11-7-4-2/h1-8,12H,(H,17,18)(H2,14,15,16);4H,2-3,5-8H2,1H3,(H,9,10). The third-order valence-corrected chi connectivity index (χ3v) is 7.69. The SMILES string of the molecule is C=CCOP(=O)(O)OCCCCC.O=P(O)(O)OP(=O)(O)OC1C=Cc2cccc3cccc1c23. The maximum Gasteiger partial charge on any atom is 0.482 e. The number of hydrogen-bond donors (Lipinski definition) is 4. The Balaban J connectivity index is 0.000000287. The fraction of sp³-hybridized carbons (Fsp3) is 0.333. The quantitative estimate of drug-likeness (QED) is 0.147. The summed E-state index contributed by atoms with van der Waals surface area (Å²) in [4.78, 5) is 35.8. The molecule has 0 bridgehead atoms. The average Bonchev–Trinajstić information content (AvgIpc) is 2.76. The Morgan fingerprint density at radius 2 is 1.66 bits per heavy atom. The van der Waals surface area contributed by atoms with E-state index in [2.05, 4.69) is 19.9 Å². The lowest BCUT2D eigenvalue weighted by Crippen LogP contribution is -2.05. The van der Waals surface area contributed by atoms with E-state index >= 15 is 0 Å². The predicted molar refractivity (Wildman–Crippen MR) is 131 cm³/mol. The van der Waals surface area contributed by atoms with Crippen molar-refractivity contribution in [3.8, 4) is 0 Å². The molecule has 0 saturated heterocycles. The van der Waals surface area contributed by atoms with Gasteiger partial charge in [-0.3, -0.25) is 13.6 Å².